The fourth-order valence-electron chi connectivity index (χ4n) is 4.23. The van der Waals surface area contributed by atoms with Crippen LogP contribution in [0.3, 0.4) is 0 Å². The lowest BCUT2D eigenvalue weighted by Gasteiger charge is -2.31. The Morgan fingerprint density at radius 3 is 2.69 bits per heavy atom. The quantitative estimate of drug-likeness (QED) is 0.378. The van der Waals surface area contributed by atoms with Gasteiger partial charge in [0, 0.05) is 56.9 Å². The second-order valence-electron chi connectivity index (χ2n) is 8.12. The van der Waals surface area contributed by atoms with Crippen molar-refractivity contribution in [2.45, 2.75) is 25.4 Å². The number of benzene rings is 2. The van der Waals surface area contributed by atoms with Crippen LogP contribution in [-0.4, -0.2) is 62.2 Å². The van der Waals surface area contributed by atoms with Gasteiger partial charge in [0.2, 0.25) is 0 Å². The molecule has 2 aromatic carbocycles. The van der Waals surface area contributed by atoms with E-state index in [9.17, 15) is 4.79 Å². The van der Waals surface area contributed by atoms with E-state index in [4.69, 9.17) is 9.47 Å². The van der Waals surface area contributed by atoms with E-state index in [1.807, 2.05) is 12.3 Å². The first kappa shape index (κ1) is 22.2. The van der Waals surface area contributed by atoms with Gasteiger partial charge in [-0.1, -0.05) is 30.3 Å². The van der Waals surface area contributed by atoms with E-state index in [2.05, 4.69) is 57.7 Å². The second kappa shape index (κ2) is 11.1. The predicted octanol–water partition coefficient (Wildman–Crippen LogP) is 4.39. The van der Waals surface area contributed by atoms with Crippen molar-refractivity contribution in [1.82, 2.24) is 9.88 Å². The Morgan fingerprint density at radius 1 is 1.12 bits per heavy atom. The lowest BCUT2D eigenvalue weighted by Crippen LogP contribution is -2.38. The summed E-state index contributed by atoms with van der Waals surface area (Å²) in [6.07, 6.45) is 5.64. The van der Waals surface area contributed by atoms with Crippen molar-refractivity contribution in [3.05, 3.63) is 54.7 Å². The van der Waals surface area contributed by atoms with E-state index in [1.54, 1.807) is 7.11 Å². The van der Waals surface area contributed by atoms with E-state index in [0.29, 0.717) is 19.6 Å². The number of aldehydes is 1. The molecule has 6 nitrogen and oxygen atoms in total. The third-order valence-corrected chi connectivity index (χ3v) is 5.95. The van der Waals surface area contributed by atoms with Gasteiger partial charge < -0.3 is 24.5 Å². The first-order valence-corrected chi connectivity index (χ1v) is 11.3. The lowest BCUT2D eigenvalue weighted by molar-refractivity contribution is -0.108. The molecule has 1 aliphatic rings. The van der Waals surface area contributed by atoms with Gasteiger partial charge in [-0.2, -0.15) is 0 Å². The number of nitrogens with zero attached hydrogens (tertiary/aromatic N) is 2. The highest BCUT2D eigenvalue weighted by Gasteiger charge is 2.20. The Kier molecular flexibility index (Phi) is 7.69. The molecule has 0 radical (unpaired) electrons. The van der Waals surface area contributed by atoms with Crippen LogP contribution in [0.15, 0.2) is 54.7 Å². The number of rotatable bonds is 10. The Hall–Kier alpha value is -2.96. The molecule has 0 saturated carbocycles. The number of ether oxygens (including phenoxy) is 2. The van der Waals surface area contributed by atoms with Crippen LogP contribution < -0.4 is 10.1 Å². The topological polar surface area (TPSA) is 63.7 Å². The number of aromatic nitrogens is 1. The average Bonchev–Trinajstić information content (AvgIpc) is 2.84. The Labute approximate surface area is 189 Å². The highest BCUT2D eigenvalue weighted by molar-refractivity contribution is 5.99. The summed E-state index contributed by atoms with van der Waals surface area (Å²) in [5, 5.41) is 4.62. The number of carbonyl (C=O) groups excluding carboxylic acids is 1. The molecule has 0 unspecified atom stereocenters. The molecule has 0 aliphatic carbocycles. The van der Waals surface area contributed by atoms with Crippen molar-refractivity contribution in [2.24, 2.45) is 0 Å². The van der Waals surface area contributed by atoms with Gasteiger partial charge in [0.1, 0.15) is 18.1 Å². The summed E-state index contributed by atoms with van der Waals surface area (Å²) in [7, 11) is 1.71. The SMILES string of the molecule is COCCNc1c(-c2ccc(OC3CCN(CCC=O)CC3)cc2)ccc2cccnc12. The van der Waals surface area contributed by atoms with Crippen molar-refractivity contribution >= 4 is 22.9 Å². The van der Waals surface area contributed by atoms with Gasteiger partial charge in [-0.15, -0.1) is 0 Å². The molecule has 0 spiro atoms. The molecule has 1 aliphatic heterocycles. The van der Waals surface area contributed by atoms with Crippen molar-refractivity contribution in [2.75, 3.05) is 45.2 Å². The van der Waals surface area contributed by atoms with Crippen LogP contribution in [0.5, 0.6) is 5.75 Å². The monoisotopic (exact) mass is 433 g/mol. The van der Waals surface area contributed by atoms with Crippen LogP contribution >= 0.6 is 0 Å². The Bertz CT molecular complexity index is 1010. The van der Waals surface area contributed by atoms with Crippen molar-refractivity contribution in [3.8, 4) is 16.9 Å². The second-order valence-corrected chi connectivity index (χ2v) is 8.12. The molecule has 0 amide bonds. The normalized spacial score (nSPS) is 15.0. The third-order valence-electron chi connectivity index (χ3n) is 5.95. The van der Waals surface area contributed by atoms with E-state index in [-0.39, 0.29) is 6.10 Å². The van der Waals surface area contributed by atoms with Crippen LogP contribution in [0, 0.1) is 0 Å². The van der Waals surface area contributed by atoms with Crippen molar-refractivity contribution < 1.29 is 14.3 Å². The summed E-state index contributed by atoms with van der Waals surface area (Å²) in [6, 6.07) is 16.6. The Morgan fingerprint density at radius 2 is 1.94 bits per heavy atom. The maximum absolute atomic E-state index is 10.6. The molecule has 2 heterocycles. The highest BCUT2D eigenvalue weighted by atomic mass is 16.5. The lowest BCUT2D eigenvalue weighted by atomic mass is 10.0. The van der Waals surface area contributed by atoms with Crippen LogP contribution in [-0.2, 0) is 9.53 Å². The minimum atomic E-state index is 0.226. The van der Waals surface area contributed by atoms with Crippen LogP contribution in [0.4, 0.5) is 5.69 Å². The molecule has 1 saturated heterocycles. The third kappa shape index (κ3) is 5.44. The summed E-state index contributed by atoms with van der Waals surface area (Å²) in [5.41, 5.74) is 4.22. The predicted molar refractivity (Wildman–Crippen MR) is 128 cm³/mol. The highest BCUT2D eigenvalue weighted by Crippen LogP contribution is 2.34. The number of likely N-dealkylation sites (tertiary alicyclic amines) is 1. The zero-order chi connectivity index (χ0) is 22.2. The summed E-state index contributed by atoms with van der Waals surface area (Å²) in [6.45, 7) is 4.16. The molecule has 32 heavy (non-hydrogen) atoms. The van der Waals surface area contributed by atoms with E-state index in [0.717, 1.165) is 72.2 Å². The van der Waals surface area contributed by atoms with Gasteiger partial charge in [-0.25, -0.2) is 0 Å². The number of hydrogen-bond acceptors (Lipinski definition) is 6. The summed E-state index contributed by atoms with van der Waals surface area (Å²) >= 11 is 0. The molecule has 6 heteroatoms. The van der Waals surface area contributed by atoms with Gasteiger partial charge >= 0.3 is 0 Å². The number of fused-ring (bicyclic) bond motifs is 1. The van der Waals surface area contributed by atoms with Gasteiger partial charge in [0.25, 0.3) is 0 Å². The van der Waals surface area contributed by atoms with Crippen LogP contribution in [0.25, 0.3) is 22.0 Å². The molecule has 0 bridgehead atoms. The molecular weight excluding hydrogens is 402 g/mol. The summed E-state index contributed by atoms with van der Waals surface area (Å²) < 4.78 is 11.5. The molecule has 1 N–H and O–H groups in total. The summed E-state index contributed by atoms with van der Waals surface area (Å²) in [5.74, 6) is 0.896. The van der Waals surface area contributed by atoms with Crippen LogP contribution in [0.2, 0.25) is 0 Å². The summed E-state index contributed by atoms with van der Waals surface area (Å²) in [4.78, 5) is 17.5. The maximum atomic E-state index is 10.6. The number of carbonyl (C=O) groups is 1. The number of piperidine rings is 1. The number of pyridine rings is 1. The average molecular weight is 434 g/mol. The molecular formula is C26H31N3O3. The molecule has 4 rings (SSSR count). The van der Waals surface area contributed by atoms with Crippen molar-refractivity contribution in [1.29, 1.82) is 0 Å². The fraction of sp³-hybridized carbons (Fsp3) is 0.385. The first-order valence-electron chi connectivity index (χ1n) is 11.3. The number of hydrogen-bond donors (Lipinski definition) is 1. The standard InChI is InChI=1S/C26H31N3O3/c1-31-19-14-28-26-24(10-7-21-4-2-13-27-25(21)26)20-5-8-22(9-6-20)32-23-11-16-29(17-12-23)15-3-18-30/h2,4-10,13,18,23,28H,3,11-12,14-17,19H2,1H3. The van der Waals surface area contributed by atoms with Crippen LogP contribution in [0.1, 0.15) is 19.3 Å². The van der Waals surface area contributed by atoms with E-state index < -0.39 is 0 Å². The smallest absolute Gasteiger partial charge is 0.121 e. The van der Waals surface area contributed by atoms with E-state index >= 15 is 0 Å². The van der Waals surface area contributed by atoms with E-state index in [1.165, 1.54) is 0 Å². The fourth-order valence-corrected chi connectivity index (χ4v) is 4.23. The molecule has 1 aromatic heterocycles. The number of methoxy groups -OCH3 is 1. The largest absolute Gasteiger partial charge is 0.490 e. The van der Waals surface area contributed by atoms with Gasteiger partial charge in [-0.05, 0) is 36.6 Å². The zero-order valence-corrected chi connectivity index (χ0v) is 18.6. The zero-order valence-electron chi connectivity index (χ0n) is 18.6. The first-order chi connectivity index (χ1) is 15.8. The van der Waals surface area contributed by atoms with Gasteiger partial charge in [0.05, 0.1) is 17.8 Å². The maximum Gasteiger partial charge on any atom is 0.121 e. The number of nitrogens with one attached hydrogen (secondary N) is 1. The molecule has 3 aromatic rings. The van der Waals surface area contributed by atoms with Gasteiger partial charge in [0.15, 0.2) is 0 Å². The Balaban J connectivity index is 1.47. The van der Waals surface area contributed by atoms with Gasteiger partial charge in [-0.3, -0.25) is 4.98 Å². The number of anilines is 1. The van der Waals surface area contributed by atoms with Crippen molar-refractivity contribution in [3.63, 3.8) is 0 Å². The molecule has 0 atom stereocenters. The molecule has 168 valence electrons. The minimum Gasteiger partial charge on any atom is -0.490 e. The molecule has 1 fully saturated rings. The minimum absolute atomic E-state index is 0.226.